The van der Waals surface area contributed by atoms with E-state index < -0.39 is 6.10 Å². The molecule has 0 aromatic rings. The van der Waals surface area contributed by atoms with Gasteiger partial charge >= 0.3 is 17.9 Å². The minimum Gasteiger partial charge on any atom is -0.462 e. The lowest BCUT2D eigenvalue weighted by molar-refractivity contribution is -0.167. The van der Waals surface area contributed by atoms with Crippen LogP contribution in [0.4, 0.5) is 0 Å². The molecule has 0 aliphatic rings. The molecule has 0 amide bonds. The summed E-state index contributed by atoms with van der Waals surface area (Å²) in [7, 11) is 0. The summed E-state index contributed by atoms with van der Waals surface area (Å²) >= 11 is 0. The van der Waals surface area contributed by atoms with Crippen LogP contribution in [0.1, 0.15) is 271 Å². The predicted octanol–water partition coefficient (Wildman–Crippen LogP) is 19.2. The normalized spacial score (nSPS) is 12.7. The van der Waals surface area contributed by atoms with Crippen molar-refractivity contribution in [2.75, 3.05) is 13.2 Å². The van der Waals surface area contributed by atoms with Crippen LogP contribution < -0.4 is 0 Å². The van der Waals surface area contributed by atoms with E-state index in [1.54, 1.807) is 0 Å². The molecule has 0 saturated carbocycles. The summed E-state index contributed by atoms with van der Waals surface area (Å²) in [5, 5.41) is 0. The van der Waals surface area contributed by atoms with Crippen LogP contribution in [0.2, 0.25) is 0 Å². The number of esters is 3. The molecule has 6 heteroatoms. The lowest BCUT2D eigenvalue weighted by Gasteiger charge is -2.18. The van der Waals surface area contributed by atoms with Gasteiger partial charge in [-0.3, -0.25) is 14.4 Å². The third-order valence-corrected chi connectivity index (χ3v) is 12.1. The van der Waals surface area contributed by atoms with Gasteiger partial charge in [-0.15, -0.1) is 0 Å². The molecule has 1 atom stereocenters. The van der Waals surface area contributed by atoms with Crippen molar-refractivity contribution in [2.24, 2.45) is 0 Å². The lowest BCUT2D eigenvalue weighted by atomic mass is 10.0. The van der Waals surface area contributed by atoms with E-state index in [2.05, 4.69) is 106 Å². The molecule has 0 spiro atoms. The number of allylic oxidation sites excluding steroid dienone is 14. The molecule has 0 aliphatic carbocycles. The molecule has 68 heavy (non-hydrogen) atoms. The highest BCUT2D eigenvalue weighted by atomic mass is 16.6. The van der Waals surface area contributed by atoms with Crippen LogP contribution in [-0.2, 0) is 28.6 Å². The van der Waals surface area contributed by atoms with Crippen molar-refractivity contribution in [2.45, 2.75) is 277 Å². The van der Waals surface area contributed by atoms with Gasteiger partial charge in [0.05, 0.1) is 0 Å². The van der Waals surface area contributed by atoms with Crippen molar-refractivity contribution in [3.63, 3.8) is 0 Å². The first-order valence-electron chi connectivity index (χ1n) is 28.6. The zero-order valence-corrected chi connectivity index (χ0v) is 44.6. The number of ether oxygens (including phenoxy) is 3. The molecule has 0 aliphatic heterocycles. The van der Waals surface area contributed by atoms with Crippen LogP contribution in [-0.4, -0.2) is 37.2 Å². The molecule has 0 heterocycles. The van der Waals surface area contributed by atoms with Crippen molar-refractivity contribution >= 4 is 17.9 Å². The number of unbranched alkanes of at least 4 members (excludes halogenated alkanes) is 26. The molecule has 0 N–H and O–H groups in total. The fourth-order valence-corrected chi connectivity index (χ4v) is 7.86. The maximum absolute atomic E-state index is 12.7. The number of rotatable bonds is 51. The highest BCUT2D eigenvalue weighted by molar-refractivity contribution is 5.71. The molecule has 0 fully saturated rings. The van der Waals surface area contributed by atoms with E-state index in [0.717, 1.165) is 83.5 Å². The second kappa shape index (κ2) is 56.2. The molecule has 0 rings (SSSR count). The Kier molecular flexibility index (Phi) is 53.4. The molecule has 0 bridgehead atoms. The topological polar surface area (TPSA) is 78.9 Å². The van der Waals surface area contributed by atoms with Crippen molar-refractivity contribution in [3.8, 4) is 0 Å². The molecular weight excluding hydrogens is 841 g/mol. The number of carbonyl (C=O) groups excluding carboxylic acids is 3. The van der Waals surface area contributed by atoms with Gasteiger partial charge in [-0.25, -0.2) is 0 Å². The smallest absolute Gasteiger partial charge is 0.306 e. The Morgan fingerprint density at radius 3 is 0.941 bits per heavy atom. The van der Waals surface area contributed by atoms with Crippen molar-refractivity contribution < 1.29 is 28.6 Å². The van der Waals surface area contributed by atoms with Crippen molar-refractivity contribution in [3.05, 3.63) is 85.1 Å². The van der Waals surface area contributed by atoms with Gasteiger partial charge in [0.25, 0.3) is 0 Å². The summed E-state index contributed by atoms with van der Waals surface area (Å²) in [6.07, 6.45) is 73.4. The van der Waals surface area contributed by atoms with Crippen LogP contribution in [0.5, 0.6) is 0 Å². The van der Waals surface area contributed by atoms with Crippen molar-refractivity contribution in [1.82, 2.24) is 0 Å². The summed E-state index contributed by atoms with van der Waals surface area (Å²) in [6.45, 7) is 6.41. The van der Waals surface area contributed by atoms with Gasteiger partial charge in [0.15, 0.2) is 6.10 Å². The highest BCUT2D eigenvalue weighted by Crippen LogP contribution is 2.15. The fraction of sp³-hybridized carbons (Fsp3) is 0.726. The minimum atomic E-state index is -0.802. The standard InChI is InChI=1S/C62H106O6/c1-4-7-10-13-16-18-20-22-24-26-27-28-29-30-31-32-33-34-35-37-38-40-42-44-46-49-52-55-61(64)67-58-59(57-66-60(63)54-51-48-15-12-9-6-3)68-62(65)56-53-50-47-45-43-41-39-36-25-23-21-19-17-14-11-8-5-2/h8,11,17,19-20,22-23,25-27,39,41,45,47,59H,4-7,9-10,12-16,18,21,24,28-38,40,42-44,46,48-58H2,1-3H3/b11-8-,19-17-,22-20-,25-23-,27-26-,41-39-,47-45-. The van der Waals surface area contributed by atoms with Gasteiger partial charge in [-0.2, -0.15) is 0 Å². The number of hydrogen-bond acceptors (Lipinski definition) is 6. The summed E-state index contributed by atoms with van der Waals surface area (Å²) in [5.41, 5.74) is 0. The summed E-state index contributed by atoms with van der Waals surface area (Å²) in [6, 6.07) is 0. The summed E-state index contributed by atoms with van der Waals surface area (Å²) < 4.78 is 16.7. The first-order valence-corrected chi connectivity index (χ1v) is 28.6. The monoisotopic (exact) mass is 947 g/mol. The third-order valence-electron chi connectivity index (χ3n) is 12.1. The van der Waals surface area contributed by atoms with E-state index in [0.29, 0.717) is 19.3 Å². The SMILES string of the molecule is CC/C=C\C/C=C\C/C=C\C/C=C\C/C=C\CCCC(=O)OC(COC(=O)CCCCCCCC)COC(=O)CCCCCCCCCCCCCCCCC/C=C\C/C=C\CCCCCCC. The van der Waals surface area contributed by atoms with Gasteiger partial charge in [-0.05, 0) is 89.9 Å². The van der Waals surface area contributed by atoms with Crippen LogP contribution in [0.15, 0.2) is 85.1 Å². The average molecular weight is 948 g/mol. The summed E-state index contributed by atoms with van der Waals surface area (Å²) in [4.78, 5) is 37.8. The Morgan fingerprint density at radius 1 is 0.309 bits per heavy atom. The highest BCUT2D eigenvalue weighted by Gasteiger charge is 2.19. The van der Waals surface area contributed by atoms with E-state index in [1.165, 1.54) is 141 Å². The van der Waals surface area contributed by atoms with Gasteiger partial charge in [0.1, 0.15) is 13.2 Å². The zero-order valence-electron chi connectivity index (χ0n) is 44.6. The minimum absolute atomic E-state index is 0.0979. The second-order valence-electron chi connectivity index (χ2n) is 18.8. The molecule has 0 saturated heterocycles. The Hall–Kier alpha value is -3.41. The van der Waals surface area contributed by atoms with Crippen LogP contribution >= 0.6 is 0 Å². The molecule has 0 aromatic heterocycles. The Morgan fingerprint density at radius 2 is 0.588 bits per heavy atom. The van der Waals surface area contributed by atoms with Gasteiger partial charge in [0.2, 0.25) is 0 Å². The number of carbonyl (C=O) groups is 3. The Balaban J connectivity index is 4.14. The zero-order chi connectivity index (χ0) is 49.3. The molecule has 390 valence electrons. The molecular formula is C62H106O6. The first kappa shape index (κ1) is 64.6. The summed E-state index contributed by atoms with van der Waals surface area (Å²) in [5.74, 6) is -0.964. The van der Waals surface area contributed by atoms with Gasteiger partial charge in [-0.1, -0.05) is 247 Å². The second-order valence-corrected chi connectivity index (χ2v) is 18.8. The van der Waals surface area contributed by atoms with Crippen molar-refractivity contribution in [1.29, 1.82) is 0 Å². The molecule has 6 nitrogen and oxygen atoms in total. The van der Waals surface area contributed by atoms with E-state index in [-0.39, 0.29) is 37.5 Å². The van der Waals surface area contributed by atoms with E-state index >= 15 is 0 Å². The molecule has 1 unspecified atom stereocenters. The quantitative estimate of drug-likeness (QED) is 0.0262. The predicted molar refractivity (Wildman–Crippen MR) is 293 cm³/mol. The fourth-order valence-electron chi connectivity index (χ4n) is 7.86. The van der Waals surface area contributed by atoms with E-state index in [4.69, 9.17) is 14.2 Å². The maximum Gasteiger partial charge on any atom is 0.306 e. The van der Waals surface area contributed by atoms with Crippen LogP contribution in [0.25, 0.3) is 0 Å². The van der Waals surface area contributed by atoms with Crippen LogP contribution in [0, 0.1) is 0 Å². The Bertz CT molecular complexity index is 1320. The largest absolute Gasteiger partial charge is 0.462 e. The third kappa shape index (κ3) is 53.5. The van der Waals surface area contributed by atoms with Crippen LogP contribution in [0.3, 0.4) is 0 Å². The van der Waals surface area contributed by atoms with Gasteiger partial charge < -0.3 is 14.2 Å². The molecule has 0 radical (unpaired) electrons. The molecule has 0 aromatic carbocycles. The first-order chi connectivity index (χ1) is 33.5. The average Bonchev–Trinajstić information content (AvgIpc) is 3.34. The van der Waals surface area contributed by atoms with E-state index in [1.807, 2.05) is 0 Å². The number of hydrogen-bond donors (Lipinski definition) is 0. The van der Waals surface area contributed by atoms with Gasteiger partial charge in [0, 0.05) is 19.3 Å². The Labute approximate surface area is 420 Å². The van der Waals surface area contributed by atoms with E-state index in [9.17, 15) is 14.4 Å². The lowest BCUT2D eigenvalue weighted by Crippen LogP contribution is -2.30. The maximum atomic E-state index is 12.7.